The standard InChI is InChI=1S/C19H23Cl2NO3/c1-3-24-18-6-4-5-14(11-22-10-13(2)23)19(18)25-12-15-7-8-16(20)9-17(15)21/h4-9,13,22-23H,3,10-12H2,1-2H3. The SMILES string of the molecule is CCOc1cccc(CNCC(C)O)c1OCc1ccc(Cl)cc1Cl. The maximum Gasteiger partial charge on any atom is 0.166 e. The van der Waals surface area contributed by atoms with Crippen LogP contribution in [0.5, 0.6) is 11.5 Å². The average Bonchev–Trinajstić information content (AvgIpc) is 2.55. The number of hydrogen-bond acceptors (Lipinski definition) is 4. The summed E-state index contributed by atoms with van der Waals surface area (Å²) in [7, 11) is 0. The van der Waals surface area contributed by atoms with Crippen LogP contribution < -0.4 is 14.8 Å². The zero-order chi connectivity index (χ0) is 18.2. The van der Waals surface area contributed by atoms with E-state index in [9.17, 15) is 5.11 Å². The second-order valence-electron chi connectivity index (χ2n) is 5.68. The van der Waals surface area contributed by atoms with Gasteiger partial charge < -0.3 is 19.9 Å². The molecule has 1 unspecified atom stereocenters. The number of para-hydroxylation sites is 1. The van der Waals surface area contributed by atoms with Gasteiger partial charge in [0.2, 0.25) is 0 Å². The Morgan fingerprint density at radius 3 is 2.60 bits per heavy atom. The molecule has 0 heterocycles. The molecule has 2 N–H and O–H groups in total. The molecule has 0 saturated heterocycles. The summed E-state index contributed by atoms with van der Waals surface area (Å²) in [4.78, 5) is 0. The molecule has 0 spiro atoms. The third-order valence-corrected chi connectivity index (χ3v) is 4.09. The Morgan fingerprint density at radius 2 is 1.92 bits per heavy atom. The van der Waals surface area contributed by atoms with E-state index in [1.807, 2.05) is 31.2 Å². The Balaban J connectivity index is 2.17. The van der Waals surface area contributed by atoms with Gasteiger partial charge in [-0.15, -0.1) is 0 Å². The van der Waals surface area contributed by atoms with Crippen LogP contribution in [0.3, 0.4) is 0 Å². The molecule has 4 nitrogen and oxygen atoms in total. The van der Waals surface area contributed by atoms with Crippen LogP contribution in [0.1, 0.15) is 25.0 Å². The van der Waals surface area contributed by atoms with Crippen molar-refractivity contribution in [1.82, 2.24) is 5.32 Å². The Bertz CT molecular complexity index is 692. The molecule has 6 heteroatoms. The third kappa shape index (κ3) is 6.08. The Morgan fingerprint density at radius 1 is 1.12 bits per heavy atom. The van der Waals surface area contributed by atoms with E-state index in [1.165, 1.54) is 0 Å². The van der Waals surface area contributed by atoms with Gasteiger partial charge in [-0.2, -0.15) is 0 Å². The number of halogens is 2. The highest BCUT2D eigenvalue weighted by Gasteiger charge is 2.12. The van der Waals surface area contributed by atoms with Crippen molar-refractivity contribution in [1.29, 1.82) is 0 Å². The molecule has 0 aliphatic carbocycles. The minimum absolute atomic E-state index is 0.309. The number of ether oxygens (including phenoxy) is 2. The lowest BCUT2D eigenvalue weighted by atomic mass is 10.1. The average molecular weight is 384 g/mol. The number of benzene rings is 2. The zero-order valence-corrected chi connectivity index (χ0v) is 15.9. The van der Waals surface area contributed by atoms with Gasteiger partial charge in [-0.1, -0.05) is 41.4 Å². The Hall–Kier alpha value is -1.46. The highest BCUT2D eigenvalue weighted by atomic mass is 35.5. The monoisotopic (exact) mass is 383 g/mol. The van der Waals surface area contributed by atoms with Crippen LogP contribution in [0.15, 0.2) is 36.4 Å². The normalized spacial score (nSPS) is 12.0. The molecule has 0 amide bonds. The molecule has 2 aromatic carbocycles. The van der Waals surface area contributed by atoms with Crippen molar-refractivity contribution >= 4 is 23.2 Å². The number of rotatable bonds is 9. The van der Waals surface area contributed by atoms with Gasteiger partial charge in [-0.25, -0.2) is 0 Å². The van der Waals surface area contributed by atoms with E-state index in [4.69, 9.17) is 32.7 Å². The second-order valence-corrected chi connectivity index (χ2v) is 6.53. The summed E-state index contributed by atoms with van der Waals surface area (Å²) >= 11 is 12.2. The van der Waals surface area contributed by atoms with Gasteiger partial charge in [0.1, 0.15) is 6.61 Å². The number of nitrogens with one attached hydrogen (secondary N) is 1. The van der Waals surface area contributed by atoms with E-state index in [-0.39, 0.29) is 0 Å². The predicted molar refractivity (Wildman–Crippen MR) is 102 cm³/mol. The molecule has 136 valence electrons. The first-order chi connectivity index (χ1) is 12.0. The Labute approximate surface area is 158 Å². The molecule has 0 bridgehead atoms. The van der Waals surface area contributed by atoms with Crippen LogP contribution in [0.25, 0.3) is 0 Å². The van der Waals surface area contributed by atoms with Crippen LogP contribution in [-0.2, 0) is 13.2 Å². The third-order valence-electron chi connectivity index (χ3n) is 3.50. The summed E-state index contributed by atoms with van der Waals surface area (Å²) in [5.41, 5.74) is 1.80. The minimum atomic E-state index is -0.410. The number of hydrogen-bond donors (Lipinski definition) is 2. The zero-order valence-electron chi connectivity index (χ0n) is 14.4. The van der Waals surface area contributed by atoms with Crippen molar-refractivity contribution in [3.8, 4) is 11.5 Å². The molecular weight excluding hydrogens is 361 g/mol. The van der Waals surface area contributed by atoms with E-state index in [1.54, 1.807) is 19.1 Å². The van der Waals surface area contributed by atoms with Crippen molar-refractivity contribution in [2.24, 2.45) is 0 Å². The van der Waals surface area contributed by atoms with Crippen LogP contribution in [-0.4, -0.2) is 24.4 Å². The van der Waals surface area contributed by atoms with Gasteiger partial charge in [0, 0.05) is 34.3 Å². The fourth-order valence-electron chi connectivity index (χ4n) is 2.34. The van der Waals surface area contributed by atoms with Gasteiger partial charge in [0.05, 0.1) is 12.7 Å². The number of aliphatic hydroxyl groups is 1. The van der Waals surface area contributed by atoms with Crippen molar-refractivity contribution in [2.75, 3.05) is 13.2 Å². The molecule has 25 heavy (non-hydrogen) atoms. The molecule has 2 rings (SSSR count). The molecular formula is C19H23Cl2NO3. The summed E-state index contributed by atoms with van der Waals surface area (Å²) in [6, 6.07) is 11.1. The first-order valence-corrected chi connectivity index (χ1v) is 8.97. The molecule has 0 aromatic heterocycles. The maximum absolute atomic E-state index is 9.40. The fraction of sp³-hybridized carbons (Fsp3) is 0.368. The topological polar surface area (TPSA) is 50.7 Å². The molecule has 2 aromatic rings. The summed E-state index contributed by atoms with van der Waals surface area (Å²) < 4.78 is 11.7. The smallest absolute Gasteiger partial charge is 0.166 e. The first kappa shape index (κ1) is 19.9. The van der Waals surface area contributed by atoms with E-state index < -0.39 is 6.10 Å². The van der Waals surface area contributed by atoms with Gasteiger partial charge in [0.15, 0.2) is 11.5 Å². The number of aliphatic hydroxyl groups excluding tert-OH is 1. The fourth-order valence-corrected chi connectivity index (χ4v) is 2.80. The van der Waals surface area contributed by atoms with Crippen molar-refractivity contribution in [3.63, 3.8) is 0 Å². The summed E-state index contributed by atoms with van der Waals surface area (Å²) in [5, 5.41) is 13.8. The van der Waals surface area contributed by atoms with Gasteiger partial charge in [-0.3, -0.25) is 0 Å². The summed E-state index contributed by atoms with van der Waals surface area (Å²) in [6.45, 7) is 5.59. The molecule has 0 radical (unpaired) electrons. The minimum Gasteiger partial charge on any atom is -0.490 e. The lowest BCUT2D eigenvalue weighted by Gasteiger charge is -2.17. The van der Waals surface area contributed by atoms with Crippen LogP contribution in [0.4, 0.5) is 0 Å². The van der Waals surface area contributed by atoms with Crippen LogP contribution in [0.2, 0.25) is 10.0 Å². The molecule has 0 aliphatic heterocycles. The van der Waals surface area contributed by atoms with Gasteiger partial charge in [-0.05, 0) is 32.0 Å². The highest BCUT2D eigenvalue weighted by Crippen LogP contribution is 2.33. The van der Waals surface area contributed by atoms with E-state index in [2.05, 4.69) is 5.32 Å². The van der Waals surface area contributed by atoms with E-state index >= 15 is 0 Å². The van der Waals surface area contributed by atoms with Crippen molar-refractivity contribution in [2.45, 2.75) is 33.1 Å². The summed E-state index contributed by atoms with van der Waals surface area (Å²) in [6.07, 6.45) is -0.410. The summed E-state index contributed by atoms with van der Waals surface area (Å²) in [5.74, 6) is 1.36. The quantitative estimate of drug-likeness (QED) is 0.671. The molecule has 1 atom stereocenters. The largest absolute Gasteiger partial charge is 0.490 e. The molecule has 0 aliphatic rings. The van der Waals surface area contributed by atoms with E-state index in [0.717, 1.165) is 11.1 Å². The Kier molecular flexibility index (Phi) is 7.85. The lowest BCUT2D eigenvalue weighted by molar-refractivity contribution is 0.190. The predicted octanol–water partition coefficient (Wildman–Crippen LogP) is 4.44. The lowest BCUT2D eigenvalue weighted by Crippen LogP contribution is -2.24. The van der Waals surface area contributed by atoms with Gasteiger partial charge >= 0.3 is 0 Å². The van der Waals surface area contributed by atoms with E-state index in [0.29, 0.717) is 47.8 Å². The molecule has 0 saturated carbocycles. The second kappa shape index (κ2) is 9.88. The maximum atomic E-state index is 9.40. The van der Waals surface area contributed by atoms with Gasteiger partial charge in [0.25, 0.3) is 0 Å². The van der Waals surface area contributed by atoms with Crippen LogP contribution >= 0.6 is 23.2 Å². The van der Waals surface area contributed by atoms with Crippen molar-refractivity contribution < 1.29 is 14.6 Å². The first-order valence-electron chi connectivity index (χ1n) is 8.21. The molecule has 0 fully saturated rings. The van der Waals surface area contributed by atoms with Crippen molar-refractivity contribution in [3.05, 3.63) is 57.6 Å². The van der Waals surface area contributed by atoms with Crippen LogP contribution in [0, 0.1) is 0 Å². The highest BCUT2D eigenvalue weighted by molar-refractivity contribution is 6.35.